The van der Waals surface area contributed by atoms with Crippen LogP contribution in [-0.4, -0.2) is 62.4 Å². The van der Waals surface area contributed by atoms with Gasteiger partial charge in [0.25, 0.3) is 5.91 Å². The Morgan fingerprint density at radius 1 is 0.921 bits per heavy atom. The number of rotatable bonds is 6. The smallest absolute Gasteiger partial charge is 0.256 e. The molecule has 1 atom stereocenters. The summed E-state index contributed by atoms with van der Waals surface area (Å²) >= 11 is 0. The van der Waals surface area contributed by atoms with Gasteiger partial charge in [0.05, 0.1) is 6.20 Å². The Morgan fingerprint density at radius 2 is 1.55 bits per heavy atom. The van der Waals surface area contributed by atoms with Gasteiger partial charge in [-0.3, -0.25) is 24.2 Å². The van der Waals surface area contributed by atoms with Crippen molar-refractivity contribution in [2.45, 2.75) is 44.1 Å². The lowest BCUT2D eigenvalue weighted by Crippen LogP contribution is -2.46. The number of aryl methyl sites for hydroxylation is 1. The fourth-order valence-corrected chi connectivity index (χ4v) is 5.99. The van der Waals surface area contributed by atoms with Gasteiger partial charge in [-0.25, -0.2) is 0 Å². The van der Waals surface area contributed by atoms with Gasteiger partial charge in [-0.2, -0.15) is 5.10 Å². The van der Waals surface area contributed by atoms with E-state index < -0.39 is 5.54 Å². The second-order valence-electron chi connectivity index (χ2n) is 11.5. The number of likely N-dealkylation sites (tertiary alicyclic amines) is 1. The SMILES string of the molecule is Cn1cc(-c2ccc(-c3ccc(C4=NC5(CC5)C(=O)N4CC4CCCN(C(=O)C5CC5)C4)cc3)cc2)cn1. The predicted molar refractivity (Wildman–Crippen MR) is 146 cm³/mol. The summed E-state index contributed by atoms with van der Waals surface area (Å²) in [5.41, 5.74) is 4.97. The van der Waals surface area contributed by atoms with E-state index in [4.69, 9.17) is 4.99 Å². The summed E-state index contributed by atoms with van der Waals surface area (Å²) in [6, 6.07) is 16.9. The van der Waals surface area contributed by atoms with Gasteiger partial charge in [0.15, 0.2) is 0 Å². The van der Waals surface area contributed by atoms with Crippen molar-refractivity contribution < 1.29 is 9.59 Å². The number of hydrogen-bond donors (Lipinski definition) is 0. The molecule has 7 rings (SSSR count). The third-order valence-corrected chi connectivity index (χ3v) is 8.54. The van der Waals surface area contributed by atoms with Gasteiger partial charge in [-0.15, -0.1) is 0 Å². The van der Waals surface area contributed by atoms with Gasteiger partial charge in [0, 0.05) is 49.9 Å². The highest BCUT2D eigenvalue weighted by atomic mass is 16.2. The maximum atomic E-state index is 13.4. The molecule has 0 bridgehead atoms. The Balaban J connectivity index is 1.09. The molecular weight excluding hydrogens is 474 g/mol. The third kappa shape index (κ3) is 4.24. The molecule has 1 unspecified atom stereocenters. The fraction of sp³-hybridized carbons (Fsp3) is 0.419. The lowest BCUT2D eigenvalue weighted by Gasteiger charge is -2.35. The van der Waals surface area contributed by atoms with Crippen LogP contribution in [0.5, 0.6) is 0 Å². The average molecular weight is 508 g/mol. The maximum Gasteiger partial charge on any atom is 0.256 e. The van der Waals surface area contributed by atoms with E-state index in [1.165, 1.54) is 0 Å². The Labute approximate surface area is 223 Å². The molecule has 3 aromatic rings. The number of carbonyl (C=O) groups is 2. The van der Waals surface area contributed by atoms with Gasteiger partial charge in [0.2, 0.25) is 5.91 Å². The first-order valence-electron chi connectivity index (χ1n) is 13.9. The van der Waals surface area contributed by atoms with Crippen LogP contribution >= 0.6 is 0 Å². The summed E-state index contributed by atoms with van der Waals surface area (Å²) in [4.78, 5) is 35.1. The molecule has 2 aromatic carbocycles. The predicted octanol–water partition coefficient (Wildman–Crippen LogP) is 4.52. The van der Waals surface area contributed by atoms with Gasteiger partial charge in [-0.05, 0) is 61.1 Å². The summed E-state index contributed by atoms with van der Waals surface area (Å²) in [5, 5.41) is 4.26. The molecule has 2 aliphatic carbocycles. The molecule has 38 heavy (non-hydrogen) atoms. The number of aromatic nitrogens is 2. The van der Waals surface area contributed by atoms with E-state index in [1.807, 2.05) is 33.9 Å². The Bertz CT molecular complexity index is 1410. The molecule has 2 aliphatic heterocycles. The summed E-state index contributed by atoms with van der Waals surface area (Å²) in [7, 11) is 1.92. The quantitative estimate of drug-likeness (QED) is 0.492. The minimum atomic E-state index is -0.533. The van der Waals surface area contributed by atoms with Crippen molar-refractivity contribution in [1.29, 1.82) is 0 Å². The van der Waals surface area contributed by atoms with Gasteiger partial charge in [0.1, 0.15) is 11.4 Å². The first-order chi connectivity index (χ1) is 18.5. The van der Waals surface area contributed by atoms with Gasteiger partial charge >= 0.3 is 0 Å². The van der Waals surface area contributed by atoms with E-state index in [2.05, 4.69) is 53.6 Å². The van der Waals surface area contributed by atoms with Gasteiger partial charge in [-0.1, -0.05) is 48.5 Å². The number of amidine groups is 1. The minimum absolute atomic E-state index is 0.146. The molecule has 1 spiro atoms. The van der Waals surface area contributed by atoms with Crippen LogP contribution in [0.4, 0.5) is 0 Å². The van der Waals surface area contributed by atoms with E-state index >= 15 is 0 Å². The van der Waals surface area contributed by atoms with E-state index in [1.54, 1.807) is 0 Å². The standard InChI is InChI=1S/C31H33N5O2/c1-34-20-27(17-32-34)24-6-4-22(5-7-24)23-8-10-25(11-9-23)28-33-31(14-15-31)30(38)36(28)19-21-3-2-16-35(18-21)29(37)26-12-13-26/h4-11,17,20-21,26H,2-3,12-16,18-19H2,1H3. The van der Waals surface area contributed by atoms with Crippen molar-refractivity contribution in [2.24, 2.45) is 23.9 Å². The second kappa shape index (κ2) is 8.93. The van der Waals surface area contributed by atoms with Crippen LogP contribution in [0.2, 0.25) is 0 Å². The molecule has 7 nitrogen and oxygen atoms in total. The molecule has 0 radical (unpaired) electrons. The average Bonchev–Trinajstić information content (AvgIpc) is 3.88. The lowest BCUT2D eigenvalue weighted by atomic mass is 9.96. The number of carbonyl (C=O) groups excluding carboxylic acids is 2. The van der Waals surface area contributed by atoms with Crippen molar-refractivity contribution in [3.63, 3.8) is 0 Å². The molecule has 2 saturated carbocycles. The Kier molecular flexibility index (Phi) is 5.49. The van der Waals surface area contributed by atoms with Crippen molar-refractivity contribution >= 4 is 17.6 Å². The van der Waals surface area contributed by atoms with Crippen LogP contribution in [0.25, 0.3) is 22.3 Å². The molecule has 7 heteroatoms. The maximum absolute atomic E-state index is 13.4. The fourth-order valence-electron chi connectivity index (χ4n) is 5.99. The van der Waals surface area contributed by atoms with E-state index in [0.717, 1.165) is 85.3 Å². The molecule has 1 saturated heterocycles. The number of amides is 2. The van der Waals surface area contributed by atoms with Crippen LogP contribution in [0.15, 0.2) is 65.9 Å². The number of benzene rings is 2. The molecule has 2 amide bonds. The second-order valence-corrected chi connectivity index (χ2v) is 11.5. The lowest BCUT2D eigenvalue weighted by molar-refractivity contribution is -0.134. The normalized spacial score (nSPS) is 22.2. The van der Waals surface area contributed by atoms with Gasteiger partial charge < -0.3 is 4.90 Å². The molecule has 4 aliphatic rings. The highest BCUT2D eigenvalue weighted by molar-refractivity contribution is 6.16. The zero-order chi connectivity index (χ0) is 25.9. The van der Waals surface area contributed by atoms with Crippen molar-refractivity contribution in [2.75, 3.05) is 19.6 Å². The number of nitrogens with zero attached hydrogens (tertiary/aromatic N) is 5. The monoisotopic (exact) mass is 507 g/mol. The van der Waals surface area contributed by atoms with Crippen molar-refractivity contribution in [3.05, 3.63) is 66.5 Å². The van der Waals surface area contributed by atoms with Crippen molar-refractivity contribution in [1.82, 2.24) is 19.6 Å². The largest absolute Gasteiger partial charge is 0.342 e. The van der Waals surface area contributed by atoms with E-state index in [-0.39, 0.29) is 11.8 Å². The molecule has 3 heterocycles. The zero-order valence-electron chi connectivity index (χ0n) is 21.8. The summed E-state index contributed by atoms with van der Waals surface area (Å²) < 4.78 is 1.81. The van der Waals surface area contributed by atoms with Crippen LogP contribution < -0.4 is 0 Å². The molecule has 3 fully saturated rings. The topological polar surface area (TPSA) is 70.8 Å². The molecule has 1 aromatic heterocycles. The molecule has 194 valence electrons. The third-order valence-electron chi connectivity index (χ3n) is 8.54. The van der Waals surface area contributed by atoms with Crippen LogP contribution in [-0.2, 0) is 16.6 Å². The number of hydrogen-bond acceptors (Lipinski definition) is 4. The van der Waals surface area contributed by atoms with Crippen LogP contribution in [0.3, 0.4) is 0 Å². The van der Waals surface area contributed by atoms with Crippen LogP contribution in [0.1, 0.15) is 44.1 Å². The van der Waals surface area contributed by atoms with Crippen molar-refractivity contribution in [3.8, 4) is 22.3 Å². The summed E-state index contributed by atoms with van der Waals surface area (Å²) in [6.07, 6.45) is 9.70. The number of piperidine rings is 1. The number of aliphatic imine (C=N–C) groups is 1. The van der Waals surface area contributed by atoms with E-state index in [9.17, 15) is 9.59 Å². The first-order valence-corrected chi connectivity index (χ1v) is 13.9. The zero-order valence-corrected chi connectivity index (χ0v) is 21.8. The first kappa shape index (κ1) is 23.4. The minimum Gasteiger partial charge on any atom is -0.342 e. The summed E-state index contributed by atoms with van der Waals surface area (Å²) in [5.74, 6) is 1.81. The molecule has 0 N–H and O–H groups in total. The highest BCUT2D eigenvalue weighted by Crippen LogP contribution is 2.46. The Hall–Kier alpha value is -3.74. The van der Waals surface area contributed by atoms with E-state index in [0.29, 0.717) is 18.4 Å². The molecular formula is C31H33N5O2. The Morgan fingerprint density at radius 3 is 2.13 bits per heavy atom. The van der Waals surface area contributed by atoms with Crippen LogP contribution in [0, 0.1) is 11.8 Å². The highest BCUT2D eigenvalue weighted by Gasteiger charge is 2.57. The summed E-state index contributed by atoms with van der Waals surface area (Å²) in [6.45, 7) is 2.26.